The molecule has 1 aromatic carbocycles. The van der Waals surface area contributed by atoms with E-state index < -0.39 is 0 Å². The number of anilines is 1. The molecule has 0 aliphatic rings. The zero-order valence-corrected chi connectivity index (χ0v) is 11.0. The average molecular weight is 262 g/mol. The Bertz CT molecular complexity index is 539. The quantitative estimate of drug-likeness (QED) is 0.882. The van der Waals surface area contributed by atoms with E-state index in [-0.39, 0.29) is 5.91 Å². The van der Waals surface area contributed by atoms with Crippen LogP contribution in [0.25, 0.3) is 0 Å². The fourth-order valence-electron chi connectivity index (χ4n) is 1.59. The third-order valence-corrected chi connectivity index (χ3v) is 3.13. The van der Waals surface area contributed by atoms with Crippen molar-refractivity contribution in [3.05, 3.63) is 40.4 Å². The molecule has 6 heteroatoms. The molecular weight excluding hydrogens is 248 g/mol. The molecule has 5 nitrogen and oxygen atoms in total. The molecule has 0 unspecified atom stereocenters. The van der Waals surface area contributed by atoms with E-state index in [0.717, 1.165) is 16.9 Å². The molecule has 0 bridgehead atoms. The number of nitrogens with one attached hydrogen (secondary N) is 2. The Labute approximate surface area is 109 Å². The predicted octanol–water partition coefficient (Wildman–Crippen LogP) is 1.82. The van der Waals surface area contributed by atoms with E-state index in [2.05, 4.69) is 20.2 Å². The number of nitrogens with zero attached hydrogens (tertiary/aromatic N) is 2. The first kappa shape index (κ1) is 12.5. The molecule has 0 aliphatic heterocycles. The minimum atomic E-state index is -0.0756. The van der Waals surface area contributed by atoms with Gasteiger partial charge in [-0.25, -0.2) is 0 Å². The van der Waals surface area contributed by atoms with Gasteiger partial charge in [0.2, 0.25) is 0 Å². The van der Waals surface area contributed by atoms with Gasteiger partial charge in [0.05, 0.1) is 12.2 Å². The van der Waals surface area contributed by atoms with Gasteiger partial charge in [-0.05, 0) is 42.2 Å². The molecule has 0 spiro atoms. The second kappa shape index (κ2) is 5.59. The summed E-state index contributed by atoms with van der Waals surface area (Å²) in [7, 11) is 1.62. The predicted molar refractivity (Wildman–Crippen MR) is 71.8 cm³/mol. The lowest BCUT2D eigenvalue weighted by Gasteiger charge is -2.09. The number of hydrogen-bond acceptors (Lipinski definition) is 5. The number of carbonyl (C=O) groups is 1. The Morgan fingerprint density at radius 3 is 2.89 bits per heavy atom. The van der Waals surface area contributed by atoms with E-state index in [9.17, 15) is 4.79 Å². The summed E-state index contributed by atoms with van der Waals surface area (Å²) in [5.74, 6) is -0.0756. The second-order valence-electron chi connectivity index (χ2n) is 3.86. The van der Waals surface area contributed by atoms with Crippen LogP contribution in [0.4, 0.5) is 5.69 Å². The number of amides is 1. The molecular formula is C12H14N4OS. The van der Waals surface area contributed by atoms with Crippen LogP contribution in [-0.4, -0.2) is 22.5 Å². The molecule has 0 fully saturated rings. The molecule has 94 valence electrons. The summed E-state index contributed by atoms with van der Waals surface area (Å²) in [5.41, 5.74) is 3.60. The van der Waals surface area contributed by atoms with Crippen molar-refractivity contribution in [3.8, 4) is 0 Å². The topological polar surface area (TPSA) is 66.9 Å². The maximum absolute atomic E-state index is 11.5. The van der Waals surface area contributed by atoms with Gasteiger partial charge in [-0.1, -0.05) is 4.49 Å². The molecule has 2 rings (SSSR count). The molecule has 2 aromatic rings. The fourth-order valence-corrected chi connectivity index (χ4v) is 2.05. The monoisotopic (exact) mass is 262 g/mol. The van der Waals surface area contributed by atoms with E-state index in [0.29, 0.717) is 12.1 Å². The summed E-state index contributed by atoms with van der Waals surface area (Å²) < 4.78 is 3.80. The summed E-state index contributed by atoms with van der Waals surface area (Å²) in [6.07, 6.45) is 0. The molecule has 2 N–H and O–H groups in total. The lowest BCUT2D eigenvalue weighted by atomic mass is 10.1. The molecule has 1 aromatic heterocycles. The first-order valence-electron chi connectivity index (χ1n) is 5.53. The Kier molecular flexibility index (Phi) is 3.88. The average Bonchev–Trinajstić information content (AvgIpc) is 2.89. The number of aryl methyl sites for hydroxylation is 1. The highest BCUT2D eigenvalue weighted by molar-refractivity contribution is 7.03. The van der Waals surface area contributed by atoms with Gasteiger partial charge in [-0.3, -0.25) is 4.79 Å². The van der Waals surface area contributed by atoms with Gasteiger partial charge in [-0.15, -0.1) is 5.10 Å². The van der Waals surface area contributed by atoms with Gasteiger partial charge >= 0.3 is 0 Å². The summed E-state index contributed by atoms with van der Waals surface area (Å²) in [5, 5.41) is 11.7. The van der Waals surface area contributed by atoms with Crippen molar-refractivity contribution < 1.29 is 4.79 Å². The SMILES string of the molecule is CNC(=O)c1ccc(NCc2csnn2)c(C)c1. The Morgan fingerprint density at radius 1 is 1.44 bits per heavy atom. The zero-order chi connectivity index (χ0) is 13.0. The zero-order valence-electron chi connectivity index (χ0n) is 10.2. The highest BCUT2D eigenvalue weighted by Crippen LogP contribution is 2.17. The van der Waals surface area contributed by atoms with Crippen molar-refractivity contribution in [1.82, 2.24) is 14.9 Å². The third kappa shape index (κ3) is 2.84. The molecule has 18 heavy (non-hydrogen) atoms. The van der Waals surface area contributed by atoms with Crippen LogP contribution in [0, 0.1) is 6.92 Å². The molecule has 0 atom stereocenters. The van der Waals surface area contributed by atoms with E-state index in [1.807, 2.05) is 24.4 Å². The van der Waals surface area contributed by atoms with Crippen LogP contribution >= 0.6 is 11.5 Å². The Balaban J connectivity index is 2.08. The lowest BCUT2D eigenvalue weighted by molar-refractivity contribution is 0.0963. The molecule has 1 heterocycles. The van der Waals surface area contributed by atoms with Crippen LogP contribution in [0.5, 0.6) is 0 Å². The standard InChI is InChI=1S/C12H14N4OS/c1-8-5-9(12(17)13-2)3-4-11(8)14-6-10-7-18-16-15-10/h3-5,7,14H,6H2,1-2H3,(H,13,17). The smallest absolute Gasteiger partial charge is 0.251 e. The first-order valence-corrected chi connectivity index (χ1v) is 6.37. The van der Waals surface area contributed by atoms with Crippen molar-refractivity contribution in [3.63, 3.8) is 0 Å². The molecule has 0 saturated heterocycles. The minimum absolute atomic E-state index is 0.0756. The van der Waals surface area contributed by atoms with Gasteiger partial charge in [0, 0.05) is 23.7 Å². The van der Waals surface area contributed by atoms with Gasteiger partial charge in [0.25, 0.3) is 5.91 Å². The number of rotatable bonds is 4. The van der Waals surface area contributed by atoms with Crippen molar-refractivity contribution >= 4 is 23.1 Å². The minimum Gasteiger partial charge on any atom is -0.379 e. The van der Waals surface area contributed by atoms with Crippen LogP contribution in [-0.2, 0) is 6.54 Å². The van der Waals surface area contributed by atoms with Gasteiger partial charge in [0.15, 0.2) is 0 Å². The molecule has 1 amide bonds. The van der Waals surface area contributed by atoms with Crippen molar-refractivity contribution in [2.24, 2.45) is 0 Å². The molecule has 0 aliphatic carbocycles. The van der Waals surface area contributed by atoms with E-state index in [1.165, 1.54) is 11.5 Å². The summed E-state index contributed by atoms with van der Waals surface area (Å²) in [6.45, 7) is 2.60. The fraction of sp³-hybridized carbons (Fsp3) is 0.250. The lowest BCUT2D eigenvalue weighted by Crippen LogP contribution is -2.17. The van der Waals surface area contributed by atoms with Gasteiger partial charge in [0.1, 0.15) is 0 Å². The number of hydrogen-bond donors (Lipinski definition) is 2. The second-order valence-corrected chi connectivity index (χ2v) is 4.47. The first-order chi connectivity index (χ1) is 8.70. The van der Waals surface area contributed by atoms with Gasteiger partial charge in [-0.2, -0.15) is 0 Å². The number of benzene rings is 1. The van der Waals surface area contributed by atoms with Crippen molar-refractivity contribution in [1.29, 1.82) is 0 Å². The maximum atomic E-state index is 11.5. The van der Waals surface area contributed by atoms with E-state index in [1.54, 1.807) is 13.1 Å². The van der Waals surface area contributed by atoms with Crippen LogP contribution in [0.15, 0.2) is 23.6 Å². The van der Waals surface area contributed by atoms with Gasteiger partial charge < -0.3 is 10.6 Å². The largest absolute Gasteiger partial charge is 0.379 e. The molecule has 0 radical (unpaired) electrons. The highest BCUT2D eigenvalue weighted by Gasteiger charge is 2.06. The van der Waals surface area contributed by atoms with Crippen LogP contribution in [0.3, 0.4) is 0 Å². The van der Waals surface area contributed by atoms with Crippen molar-refractivity contribution in [2.45, 2.75) is 13.5 Å². The van der Waals surface area contributed by atoms with E-state index >= 15 is 0 Å². The van der Waals surface area contributed by atoms with Crippen LogP contribution < -0.4 is 10.6 Å². The Hall–Kier alpha value is -1.95. The Morgan fingerprint density at radius 2 is 2.28 bits per heavy atom. The highest BCUT2D eigenvalue weighted by atomic mass is 32.1. The third-order valence-electron chi connectivity index (χ3n) is 2.58. The summed E-state index contributed by atoms with van der Waals surface area (Å²) >= 11 is 1.33. The number of carbonyl (C=O) groups excluding carboxylic acids is 1. The van der Waals surface area contributed by atoms with Crippen molar-refractivity contribution in [2.75, 3.05) is 12.4 Å². The van der Waals surface area contributed by atoms with Crippen LogP contribution in [0.1, 0.15) is 21.6 Å². The summed E-state index contributed by atoms with van der Waals surface area (Å²) in [4.78, 5) is 11.5. The molecule has 0 saturated carbocycles. The summed E-state index contributed by atoms with van der Waals surface area (Å²) in [6, 6.07) is 5.56. The van der Waals surface area contributed by atoms with Crippen LogP contribution in [0.2, 0.25) is 0 Å². The maximum Gasteiger partial charge on any atom is 0.251 e. The normalized spacial score (nSPS) is 10.1. The van der Waals surface area contributed by atoms with E-state index in [4.69, 9.17) is 0 Å². The number of aromatic nitrogens is 2.